The number of ketones is 1. The van der Waals surface area contributed by atoms with Crippen molar-refractivity contribution < 1.29 is 117 Å². The average Bonchev–Trinajstić information content (AvgIpc) is 3.43. The highest BCUT2D eigenvalue weighted by Gasteiger charge is 2.79. The van der Waals surface area contributed by atoms with Crippen molar-refractivity contribution in [2.24, 2.45) is 22.7 Å². The average molecular weight is 1140 g/mol. The maximum Gasteiger partial charge on any atom is 0.187 e. The third-order valence-corrected chi connectivity index (χ3v) is 20.1. The standard InChI is InChI=1S/C55H90O24/c1-23(57)30-14-17-55(65)53(30,7)49(63)42(62)48-52(6)15-13-29(18-28(52)12-16-54(48,55)64)74-35-19-31(66-8)43(24(2)70-35)76-36-20-32(67-9)44(25(3)71-36)77-37-21-33(68-10)45(26(4)72-37)78-51-41(61)47(69-11)46(27(5)73-51)79-50-40(60)39(59)38(58)34(22-56)75-50/h12,24-27,29-51,56,58-65H,13-22H2,1-11H3/t24-,25-,26-,27-,29+,30-,31+,32+,33-,34-,35+,36+,37+,38-,39+,40-,41-,42+,43-,44-,45-,46-,47+,48-,49-,50+,51+,52+,53+,54+,55-/m1/s1. The van der Waals surface area contributed by atoms with Gasteiger partial charge in [0.25, 0.3) is 0 Å². The maximum atomic E-state index is 12.8. The van der Waals surface area contributed by atoms with Crippen LogP contribution in [-0.4, -0.2) is 252 Å². The minimum atomic E-state index is -1.79. The number of hydrogen-bond acceptors (Lipinski definition) is 24. The number of rotatable bonds is 16. The largest absolute Gasteiger partial charge is 0.394 e. The van der Waals surface area contributed by atoms with Crippen LogP contribution in [0.3, 0.4) is 0 Å². The Bertz CT molecular complexity index is 2110. The van der Waals surface area contributed by atoms with Crippen molar-refractivity contribution in [1.29, 1.82) is 0 Å². The molecule has 5 saturated heterocycles. The van der Waals surface area contributed by atoms with Crippen LogP contribution < -0.4 is 0 Å². The van der Waals surface area contributed by atoms with Crippen molar-refractivity contribution in [3.8, 4) is 0 Å². The molecule has 79 heavy (non-hydrogen) atoms. The predicted octanol–water partition coefficient (Wildman–Crippen LogP) is -0.378. The summed E-state index contributed by atoms with van der Waals surface area (Å²) in [5.41, 5.74) is -4.74. The van der Waals surface area contributed by atoms with E-state index in [1.54, 1.807) is 35.0 Å². The molecule has 0 aromatic carbocycles. The molecule has 3 saturated carbocycles. The molecule has 9 aliphatic rings. The molecule has 9 N–H and O–H groups in total. The summed E-state index contributed by atoms with van der Waals surface area (Å²) in [6.07, 6.45) is -18.6. The van der Waals surface area contributed by atoms with E-state index >= 15 is 0 Å². The Morgan fingerprint density at radius 2 is 1.10 bits per heavy atom. The number of aliphatic hydroxyl groups is 9. The van der Waals surface area contributed by atoms with E-state index in [0.29, 0.717) is 38.5 Å². The molecule has 31 atom stereocenters. The van der Waals surface area contributed by atoms with Gasteiger partial charge in [-0.2, -0.15) is 0 Å². The minimum absolute atomic E-state index is 0.0660. The third kappa shape index (κ3) is 10.8. The van der Waals surface area contributed by atoms with E-state index in [1.807, 2.05) is 26.8 Å². The summed E-state index contributed by atoms with van der Waals surface area (Å²) in [4.78, 5) is 12.8. The monoisotopic (exact) mass is 1130 g/mol. The maximum absolute atomic E-state index is 12.8. The normalized spacial score (nSPS) is 54.1. The molecule has 0 amide bonds. The molecule has 5 heterocycles. The first-order valence-corrected chi connectivity index (χ1v) is 28.3. The predicted molar refractivity (Wildman–Crippen MR) is 270 cm³/mol. The van der Waals surface area contributed by atoms with E-state index in [9.17, 15) is 50.8 Å². The highest BCUT2D eigenvalue weighted by Crippen LogP contribution is 2.69. The molecule has 0 unspecified atom stereocenters. The molecule has 454 valence electrons. The molecule has 5 aliphatic heterocycles. The quantitative estimate of drug-likeness (QED) is 0.0890. The second kappa shape index (κ2) is 24.1. The van der Waals surface area contributed by atoms with E-state index in [0.717, 1.165) is 5.57 Å². The van der Waals surface area contributed by atoms with Crippen LogP contribution in [0.4, 0.5) is 0 Å². The Labute approximate surface area is 462 Å². The zero-order valence-corrected chi connectivity index (χ0v) is 47.4. The molecule has 9 rings (SSSR count). The highest BCUT2D eigenvalue weighted by atomic mass is 16.8. The molecule has 24 nitrogen and oxygen atoms in total. The number of aliphatic hydroxyl groups excluding tert-OH is 7. The summed E-state index contributed by atoms with van der Waals surface area (Å²) in [5, 5.41) is 101. The highest BCUT2D eigenvalue weighted by molar-refractivity contribution is 5.80. The van der Waals surface area contributed by atoms with E-state index in [2.05, 4.69) is 0 Å². The lowest BCUT2D eigenvalue weighted by Crippen LogP contribution is -2.79. The lowest BCUT2D eigenvalue weighted by molar-refractivity contribution is -0.374. The summed E-state index contributed by atoms with van der Waals surface area (Å²) >= 11 is 0. The topological polar surface area (TPSA) is 328 Å². The van der Waals surface area contributed by atoms with Gasteiger partial charge in [-0.25, -0.2) is 0 Å². The van der Waals surface area contributed by atoms with E-state index in [-0.39, 0.29) is 31.1 Å². The van der Waals surface area contributed by atoms with Crippen LogP contribution in [0.1, 0.15) is 106 Å². The lowest BCUT2D eigenvalue weighted by Gasteiger charge is -2.67. The van der Waals surface area contributed by atoms with Gasteiger partial charge in [-0.05, 0) is 78.6 Å². The number of hydrogen-bond donors (Lipinski definition) is 9. The summed E-state index contributed by atoms with van der Waals surface area (Å²) in [7, 11) is 6.10. The fourth-order valence-corrected chi connectivity index (χ4v) is 15.7. The first kappa shape index (κ1) is 62.0. The van der Waals surface area contributed by atoms with Crippen LogP contribution in [0.5, 0.6) is 0 Å². The first-order valence-electron chi connectivity index (χ1n) is 28.3. The Morgan fingerprint density at radius 1 is 0.595 bits per heavy atom. The van der Waals surface area contributed by atoms with Gasteiger partial charge in [0, 0.05) is 65.0 Å². The van der Waals surface area contributed by atoms with Crippen molar-refractivity contribution in [2.75, 3.05) is 35.0 Å². The van der Waals surface area contributed by atoms with Crippen LogP contribution in [0.15, 0.2) is 11.6 Å². The molecule has 0 aromatic rings. The van der Waals surface area contributed by atoms with Crippen molar-refractivity contribution in [2.45, 2.75) is 271 Å². The number of methoxy groups -OCH3 is 4. The van der Waals surface area contributed by atoms with Gasteiger partial charge in [-0.15, -0.1) is 0 Å². The fourth-order valence-electron chi connectivity index (χ4n) is 15.7. The third-order valence-electron chi connectivity index (χ3n) is 20.1. The molecule has 4 aliphatic carbocycles. The fraction of sp³-hybridized carbons (Fsp3) is 0.945. The van der Waals surface area contributed by atoms with Gasteiger partial charge >= 0.3 is 0 Å². The molecule has 24 heteroatoms. The Balaban J connectivity index is 0.768. The summed E-state index contributed by atoms with van der Waals surface area (Å²) < 4.78 is 86.9. The second-order valence-corrected chi connectivity index (χ2v) is 24.4. The first-order chi connectivity index (χ1) is 37.3. The van der Waals surface area contributed by atoms with Crippen LogP contribution in [0, 0.1) is 22.7 Å². The Kier molecular flexibility index (Phi) is 18.9. The number of carbonyl (C=O) groups excluding carboxylic acids is 1. The van der Waals surface area contributed by atoms with Crippen LogP contribution in [0.2, 0.25) is 0 Å². The molecule has 8 fully saturated rings. The van der Waals surface area contributed by atoms with Crippen LogP contribution >= 0.6 is 0 Å². The van der Waals surface area contributed by atoms with Gasteiger partial charge in [-0.3, -0.25) is 4.79 Å². The van der Waals surface area contributed by atoms with Crippen molar-refractivity contribution in [1.82, 2.24) is 0 Å². The zero-order valence-electron chi connectivity index (χ0n) is 47.4. The molecule has 0 radical (unpaired) electrons. The van der Waals surface area contributed by atoms with E-state index in [1.165, 1.54) is 21.1 Å². The Morgan fingerprint density at radius 3 is 1.62 bits per heavy atom. The van der Waals surface area contributed by atoms with Crippen LogP contribution in [0.25, 0.3) is 0 Å². The summed E-state index contributed by atoms with van der Waals surface area (Å²) in [6.45, 7) is 11.6. The summed E-state index contributed by atoms with van der Waals surface area (Å²) in [6, 6.07) is 0. The molecule has 0 aromatic heterocycles. The van der Waals surface area contributed by atoms with Gasteiger partial charge in [0.15, 0.2) is 31.5 Å². The molecular weight excluding hydrogens is 1040 g/mol. The lowest BCUT2D eigenvalue weighted by atomic mass is 9.42. The number of carbonyl (C=O) groups is 1. The minimum Gasteiger partial charge on any atom is -0.394 e. The van der Waals surface area contributed by atoms with E-state index < -0.39 is 188 Å². The van der Waals surface area contributed by atoms with Gasteiger partial charge in [-0.1, -0.05) is 25.5 Å². The van der Waals surface area contributed by atoms with Crippen molar-refractivity contribution in [3.05, 3.63) is 11.6 Å². The van der Waals surface area contributed by atoms with Gasteiger partial charge in [0.1, 0.15) is 78.0 Å². The second-order valence-electron chi connectivity index (χ2n) is 24.4. The molecular formula is C55H90O24. The number of ether oxygens (including phenoxy) is 14. The van der Waals surface area contributed by atoms with Crippen molar-refractivity contribution >= 4 is 5.78 Å². The SMILES string of the molecule is CO[C@H]1[C@@H](O)[C@H](O[C@@H]2[C@@H](C)O[C@@H](O[C@H]3[C@@H](OC)C[C@H](O[C@H]4[C@@H](OC)C[C@H](O[C@H]5CC[C@@]6(C)C(=CC[C@]7(O)[C@@H]6[C@H](O)[C@@H](O)[C@]6(C)[C@@H](C(C)=O)CC[C@@]67O)C5)O[C@@H]4C)O[C@@H]3C)C[C@H]2OC)O[C@H](C)[C@H]1O[C@@H]1O[C@H](CO)[C@@H](O)[C@H](O)[C@H]1O. The summed E-state index contributed by atoms with van der Waals surface area (Å²) in [5.74, 6) is -1.75. The number of fused-ring (bicyclic) bond motifs is 5. The smallest absolute Gasteiger partial charge is 0.187 e. The number of Topliss-reactive ketones (excluding diaryl/α,β-unsaturated/α-hetero) is 1. The molecule has 0 bridgehead atoms. The van der Waals surface area contributed by atoms with Crippen LogP contribution in [-0.2, 0) is 71.1 Å². The van der Waals surface area contributed by atoms with Gasteiger partial charge in [0.2, 0.25) is 0 Å². The van der Waals surface area contributed by atoms with Crippen molar-refractivity contribution in [3.63, 3.8) is 0 Å². The zero-order chi connectivity index (χ0) is 57.4. The molecule has 0 spiro atoms. The van der Waals surface area contributed by atoms with Gasteiger partial charge < -0.3 is 112 Å². The van der Waals surface area contributed by atoms with Gasteiger partial charge in [0.05, 0.1) is 67.6 Å². The Hall–Kier alpha value is -1.51. The van der Waals surface area contributed by atoms with E-state index in [4.69, 9.17) is 66.3 Å².